The van der Waals surface area contributed by atoms with Gasteiger partial charge in [0.15, 0.2) is 0 Å². The summed E-state index contributed by atoms with van der Waals surface area (Å²) in [5.74, 6) is -0.761. The molecule has 19 heavy (non-hydrogen) atoms. The predicted molar refractivity (Wildman–Crippen MR) is 71.6 cm³/mol. The van der Waals surface area contributed by atoms with Crippen LogP contribution in [0.15, 0.2) is 24.3 Å². The van der Waals surface area contributed by atoms with Crippen molar-refractivity contribution in [1.29, 1.82) is 0 Å². The van der Waals surface area contributed by atoms with Crippen molar-refractivity contribution in [3.63, 3.8) is 0 Å². The summed E-state index contributed by atoms with van der Waals surface area (Å²) in [5.41, 5.74) is 2.08. The minimum Gasteiger partial charge on any atom is -0.480 e. The number of benzene rings is 1. The van der Waals surface area contributed by atoms with Gasteiger partial charge in [0.2, 0.25) is 5.91 Å². The van der Waals surface area contributed by atoms with Crippen LogP contribution in [-0.4, -0.2) is 27.9 Å². The molecule has 1 heterocycles. The molecule has 102 valence electrons. The molecule has 1 atom stereocenters. The highest BCUT2D eigenvalue weighted by Crippen LogP contribution is 2.24. The molecular weight excluding hydrogens is 242 g/mol. The van der Waals surface area contributed by atoms with Crippen LogP contribution in [-0.2, 0) is 22.6 Å². The summed E-state index contributed by atoms with van der Waals surface area (Å²) >= 11 is 0. The third-order valence-corrected chi connectivity index (χ3v) is 3.44. The molecule has 0 radical (unpaired) electrons. The Bertz CT molecular complexity index is 496. The van der Waals surface area contributed by atoms with Crippen LogP contribution in [0, 0.1) is 5.92 Å². The van der Waals surface area contributed by atoms with Crippen molar-refractivity contribution >= 4 is 11.9 Å². The van der Waals surface area contributed by atoms with E-state index in [1.165, 1.54) is 4.90 Å². The quantitative estimate of drug-likeness (QED) is 0.906. The van der Waals surface area contributed by atoms with Crippen molar-refractivity contribution in [2.75, 3.05) is 0 Å². The summed E-state index contributed by atoms with van der Waals surface area (Å²) in [5, 5.41) is 9.32. The van der Waals surface area contributed by atoms with Crippen LogP contribution in [0.3, 0.4) is 0 Å². The van der Waals surface area contributed by atoms with Crippen LogP contribution in [0.2, 0.25) is 0 Å². The molecule has 1 aromatic rings. The van der Waals surface area contributed by atoms with Gasteiger partial charge in [0.1, 0.15) is 6.04 Å². The number of nitrogens with zero attached hydrogens (tertiary/aromatic N) is 1. The molecule has 4 nitrogen and oxygen atoms in total. The van der Waals surface area contributed by atoms with Crippen molar-refractivity contribution in [1.82, 2.24) is 4.90 Å². The van der Waals surface area contributed by atoms with Gasteiger partial charge in [0.05, 0.1) is 0 Å². The van der Waals surface area contributed by atoms with Crippen LogP contribution in [0.25, 0.3) is 0 Å². The largest absolute Gasteiger partial charge is 0.480 e. The summed E-state index contributed by atoms with van der Waals surface area (Å²) in [6, 6.07) is 6.99. The maximum absolute atomic E-state index is 12.2. The number of carboxylic acid groups (broad SMARTS) is 1. The highest BCUT2D eigenvalue weighted by molar-refractivity contribution is 5.84. The fourth-order valence-corrected chi connectivity index (χ4v) is 2.47. The zero-order chi connectivity index (χ0) is 14.0. The van der Waals surface area contributed by atoms with E-state index in [2.05, 4.69) is 0 Å². The third kappa shape index (κ3) is 2.95. The number of aliphatic carboxylic acids is 1. The van der Waals surface area contributed by atoms with E-state index in [0.29, 0.717) is 19.4 Å². The lowest BCUT2D eigenvalue weighted by atomic mass is 9.93. The van der Waals surface area contributed by atoms with Crippen molar-refractivity contribution < 1.29 is 14.7 Å². The molecule has 0 saturated heterocycles. The van der Waals surface area contributed by atoms with Gasteiger partial charge in [0.25, 0.3) is 0 Å². The highest BCUT2D eigenvalue weighted by atomic mass is 16.4. The lowest BCUT2D eigenvalue weighted by Crippen LogP contribution is -2.48. The van der Waals surface area contributed by atoms with E-state index in [9.17, 15) is 14.7 Å². The molecule has 0 aromatic heterocycles. The van der Waals surface area contributed by atoms with Gasteiger partial charge >= 0.3 is 5.97 Å². The number of rotatable bonds is 3. The molecule has 0 unspecified atom stereocenters. The first-order valence-electron chi connectivity index (χ1n) is 6.58. The van der Waals surface area contributed by atoms with E-state index in [-0.39, 0.29) is 11.8 Å². The van der Waals surface area contributed by atoms with Crippen LogP contribution < -0.4 is 0 Å². The summed E-state index contributed by atoms with van der Waals surface area (Å²) in [7, 11) is 0. The lowest BCUT2D eigenvalue weighted by molar-refractivity contribution is -0.151. The Kier molecular flexibility index (Phi) is 3.88. The Morgan fingerprint density at radius 1 is 1.32 bits per heavy atom. The van der Waals surface area contributed by atoms with E-state index in [4.69, 9.17) is 0 Å². The van der Waals surface area contributed by atoms with Gasteiger partial charge < -0.3 is 10.0 Å². The first-order valence-corrected chi connectivity index (χ1v) is 6.58. The Morgan fingerprint density at radius 2 is 1.95 bits per heavy atom. The molecule has 4 heteroatoms. The summed E-state index contributed by atoms with van der Waals surface area (Å²) < 4.78 is 0. The standard InChI is InChI=1S/C15H19NO3/c1-10(2)7-14(17)16-9-12-6-4-3-5-11(12)8-13(16)15(18)19/h3-6,10,13H,7-9H2,1-2H3,(H,18,19)/t13-/m0/s1. The third-order valence-electron chi connectivity index (χ3n) is 3.44. The summed E-state index contributed by atoms with van der Waals surface area (Å²) in [4.78, 5) is 25.1. The van der Waals surface area contributed by atoms with E-state index in [1.807, 2.05) is 38.1 Å². The molecule has 1 aliphatic heterocycles. The van der Waals surface area contributed by atoms with E-state index in [1.54, 1.807) is 0 Å². The molecule has 1 aromatic carbocycles. The van der Waals surface area contributed by atoms with Crippen molar-refractivity contribution in [3.05, 3.63) is 35.4 Å². The van der Waals surface area contributed by atoms with Crippen molar-refractivity contribution in [2.24, 2.45) is 5.92 Å². The predicted octanol–water partition coefficient (Wildman–Crippen LogP) is 2.07. The Morgan fingerprint density at radius 3 is 2.53 bits per heavy atom. The number of carbonyl (C=O) groups excluding carboxylic acids is 1. The van der Waals surface area contributed by atoms with Gasteiger partial charge in [-0.1, -0.05) is 38.1 Å². The van der Waals surface area contributed by atoms with E-state index < -0.39 is 12.0 Å². The number of hydrogen-bond donors (Lipinski definition) is 1. The highest BCUT2D eigenvalue weighted by Gasteiger charge is 2.34. The Balaban J connectivity index is 2.26. The van der Waals surface area contributed by atoms with Gasteiger partial charge in [-0.05, 0) is 17.0 Å². The van der Waals surface area contributed by atoms with Gasteiger partial charge in [-0.15, -0.1) is 0 Å². The second-order valence-corrected chi connectivity index (χ2v) is 5.45. The van der Waals surface area contributed by atoms with E-state index >= 15 is 0 Å². The Hall–Kier alpha value is -1.84. The van der Waals surface area contributed by atoms with Gasteiger partial charge in [-0.25, -0.2) is 4.79 Å². The van der Waals surface area contributed by atoms with Crippen LogP contribution in [0.1, 0.15) is 31.4 Å². The molecule has 1 amide bonds. The SMILES string of the molecule is CC(C)CC(=O)N1Cc2ccccc2C[C@H]1C(=O)O. The molecule has 0 saturated carbocycles. The molecule has 0 bridgehead atoms. The molecule has 1 aliphatic rings. The Labute approximate surface area is 113 Å². The molecular formula is C15H19NO3. The molecule has 1 N–H and O–H groups in total. The monoisotopic (exact) mass is 261 g/mol. The average Bonchev–Trinajstić information content (AvgIpc) is 2.36. The van der Waals surface area contributed by atoms with Gasteiger partial charge in [0, 0.05) is 19.4 Å². The fourth-order valence-electron chi connectivity index (χ4n) is 2.47. The van der Waals surface area contributed by atoms with Crippen LogP contribution >= 0.6 is 0 Å². The first-order chi connectivity index (χ1) is 8.99. The summed E-state index contributed by atoms with van der Waals surface area (Å²) in [6.07, 6.45) is 0.793. The fraction of sp³-hybridized carbons (Fsp3) is 0.467. The normalized spacial score (nSPS) is 18.3. The zero-order valence-corrected chi connectivity index (χ0v) is 11.3. The average molecular weight is 261 g/mol. The summed E-state index contributed by atoms with van der Waals surface area (Å²) in [6.45, 7) is 4.33. The second kappa shape index (κ2) is 5.43. The maximum atomic E-state index is 12.2. The number of fused-ring (bicyclic) bond motifs is 1. The maximum Gasteiger partial charge on any atom is 0.326 e. The lowest BCUT2D eigenvalue weighted by Gasteiger charge is -2.34. The van der Waals surface area contributed by atoms with Crippen molar-refractivity contribution in [2.45, 2.75) is 39.3 Å². The minimum atomic E-state index is -0.924. The second-order valence-electron chi connectivity index (χ2n) is 5.45. The number of amides is 1. The van der Waals surface area contributed by atoms with Gasteiger partial charge in [-0.3, -0.25) is 4.79 Å². The van der Waals surface area contributed by atoms with E-state index in [0.717, 1.165) is 11.1 Å². The number of carbonyl (C=O) groups is 2. The molecule has 0 aliphatic carbocycles. The first kappa shape index (κ1) is 13.6. The van der Waals surface area contributed by atoms with Crippen LogP contribution in [0.4, 0.5) is 0 Å². The molecule has 0 fully saturated rings. The van der Waals surface area contributed by atoms with Crippen LogP contribution in [0.5, 0.6) is 0 Å². The zero-order valence-electron chi connectivity index (χ0n) is 11.3. The molecule has 2 rings (SSSR count). The number of hydrogen-bond acceptors (Lipinski definition) is 2. The minimum absolute atomic E-state index is 0.0723. The smallest absolute Gasteiger partial charge is 0.326 e. The number of carboxylic acids is 1. The molecule has 0 spiro atoms. The van der Waals surface area contributed by atoms with Crippen molar-refractivity contribution in [3.8, 4) is 0 Å². The van der Waals surface area contributed by atoms with Gasteiger partial charge in [-0.2, -0.15) is 0 Å². The topological polar surface area (TPSA) is 57.6 Å².